The van der Waals surface area contributed by atoms with Gasteiger partial charge in [-0.15, -0.1) is 5.73 Å². The molecule has 0 heterocycles. The summed E-state index contributed by atoms with van der Waals surface area (Å²) in [6.07, 6.45) is 10.5. The van der Waals surface area contributed by atoms with Crippen molar-refractivity contribution >= 4 is 0 Å². The van der Waals surface area contributed by atoms with E-state index in [2.05, 4.69) is 25.3 Å². The van der Waals surface area contributed by atoms with Crippen LogP contribution in [0.4, 0.5) is 0 Å². The number of hydrogen-bond donors (Lipinski definition) is 0. The Kier molecular flexibility index (Phi) is 6.22. The molecule has 0 amide bonds. The predicted molar refractivity (Wildman–Crippen MR) is 42.3 cm³/mol. The number of hydrogen-bond acceptors (Lipinski definition) is 0. The molecule has 0 spiro atoms. The lowest BCUT2D eigenvalue weighted by molar-refractivity contribution is 1.22. The molecule has 0 aromatic heterocycles. The highest BCUT2D eigenvalue weighted by Gasteiger charge is 1.58. The monoisotopic (exact) mass is 120 g/mol. The minimum Gasteiger partial charge on any atom is -0.121 e. The standard InChI is InChI=1S/C9H12/c1-3-5-7-9-8-6-4-2/h3,5-6,8-9H,1,4H2,2H3. The second-order valence-electron chi connectivity index (χ2n) is 1.57. The minimum absolute atomic E-state index is 1.08. The normalized spacial score (nSPS) is 8.56. The van der Waals surface area contributed by atoms with Gasteiger partial charge in [0.2, 0.25) is 0 Å². The first-order valence-corrected chi connectivity index (χ1v) is 3.10. The Bertz CT molecular complexity index is 143. The Hall–Kier alpha value is -1.00. The molecule has 0 aliphatic heterocycles. The fourth-order valence-electron chi connectivity index (χ4n) is 0.383. The van der Waals surface area contributed by atoms with Crippen LogP contribution in [-0.2, 0) is 0 Å². The van der Waals surface area contributed by atoms with Crippen molar-refractivity contribution in [1.82, 2.24) is 0 Å². The van der Waals surface area contributed by atoms with E-state index in [1.54, 1.807) is 12.2 Å². The molecule has 0 atom stereocenters. The molecule has 0 N–H and O–H groups in total. The molecular weight excluding hydrogens is 108 g/mol. The second-order valence-corrected chi connectivity index (χ2v) is 1.57. The highest BCUT2D eigenvalue weighted by Crippen LogP contribution is 1.79. The van der Waals surface area contributed by atoms with Crippen LogP contribution in [0.2, 0.25) is 0 Å². The van der Waals surface area contributed by atoms with Crippen LogP contribution >= 0.6 is 0 Å². The van der Waals surface area contributed by atoms with Gasteiger partial charge in [0.05, 0.1) is 0 Å². The SMILES string of the molecule is C=CC=C=CC=CCC. The quantitative estimate of drug-likeness (QED) is 0.397. The lowest BCUT2D eigenvalue weighted by atomic mass is 10.4. The summed E-state index contributed by atoms with van der Waals surface area (Å²) in [6.45, 7) is 5.62. The zero-order valence-electron chi connectivity index (χ0n) is 5.80. The lowest BCUT2D eigenvalue weighted by Gasteiger charge is -1.69. The Morgan fingerprint density at radius 1 is 1.44 bits per heavy atom. The summed E-state index contributed by atoms with van der Waals surface area (Å²) in [5.41, 5.74) is 2.92. The first kappa shape index (κ1) is 8.00. The highest BCUT2D eigenvalue weighted by molar-refractivity contribution is 5.05. The number of allylic oxidation sites excluding steroid dienone is 4. The third-order valence-corrected chi connectivity index (χ3v) is 0.778. The van der Waals surface area contributed by atoms with Crippen molar-refractivity contribution in [2.75, 3.05) is 0 Å². The molecule has 48 valence electrons. The van der Waals surface area contributed by atoms with Gasteiger partial charge in [-0.25, -0.2) is 0 Å². The van der Waals surface area contributed by atoms with Crippen molar-refractivity contribution in [3.05, 3.63) is 42.7 Å². The van der Waals surface area contributed by atoms with Crippen molar-refractivity contribution in [1.29, 1.82) is 0 Å². The molecule has 0 nitrogen and oxygen atoms in total. The Morgan fingerprint density at radius 2 is 2.22 bits per heavy atom. The Balaban J connectivity index is 3.58. The molecule has 0 aliphatic rings. The zero-order valence-corrected chi connectivity index (χ0v) is 5.80. The van der Waals surface area contributed by atoms with Crippen LogP contribution in [-0.4, -0.2) is 0 Å². The fourth-order valence-corrected chi connectivity index (χ4v) is 0.383. The van der Waals surface area contributed by atoms with Gasteiger partial charge in [-0.05, 0) is 18.6 Å². The third kappa shape index (κ3) is 7.00. The average Bonchev–Trinajstić information content (AvgIpc) is 1.89. The maximum Gasteiger partial charge on any atom is -0.0203 e. The van der Waals surface area contributed by atoms with E-state index in [1.807, 2.05) is 12.2 Å². The molecule has 0 aromatic rings. The molecule has 9 heavy (non-hydrogen) atoms. The van der Waals surface area contributed by atoms with Crippen LogP contribution in [0, 0.1) is 0 Å². The fraction of sp³-hybridized carbons (Fsp3) is 0.222. The summed E-state index contributed by atoms with van der Waals surface area (Å²) >= 11 is 0. The van der Waals surface area contributed by atoms with Crippen molar-refractivity contribution in [2.45, 2.75) is 13.3 Å². The van der Waals surface area contributed by atoms with Crippen LogP contribution in [0.1, 0.15) is 13.3 Å². The van der Waals surface area contributed by atoms with E-state index in [1.165, 1.54) is 0 Å². The van der Waals surface area contributed by atoms with Gasteiger partial charge < -0.3 is 0 Å². The maximum atomic E-state index is 3.52. The maximum absolute atomic E-state index is 3.52. The van der Waals surface area contributed by atoms with Gasteiger partial charge >= 0.3 is 0 Å². The van der Waals surface area contributed by atoms with Gasteiger partial charge in [-0.2, -0.15) is 0 Å². The van der Waals surface area contributed by atoms with Gasteiger partial charge in [0.15, 0.2) is 0 Å². The smallest absolute Gasteiger partial charge is 0.0203 e. The average molecular weight is 120 g/mol. The van der Waals surface area contributed by atoms with E-state index < -0.39 is 0 Å². The van der Waals surface area contributed by atoms with Gasteiger partial charge in [0, 0.05) is 0 Å². The highest BCUT2D eigenvalue weighted by atomic mass is 13.6. The molecule has 0 unspecified atom stereocenters. The molecule has 0 saturated carbocycles. The number of rotatable bonds is 3. The first-order chi connectivity index (χ1) is 4.41. The Morgan fingerprint density at radius 3 is 2.78 bits per heavy atom. The molecule has 0 bridgehead atoms. The summed E-state index contributed by atoms with van der Waals surface area (Å²) in [4.78, 5) is 0. The van der Waals surface area contributed by atoms with Gasteiger partial charge in [-0.3, -0.25) is 0 Å². The zero-order chi connectivity index (χ0) is 6.95. The summed E-state index contributed by atoms with van der Waals surface area (Å²) < 4.78 is 0. The molecule has 0 saturated heterocycles. The molecule has 0 fully saturated rings. The van der Waals surface area contributed by atoms with Crippen molar-refractivity contribution < 1.29 is 0 Å². The molecule has 0 radical (unpaired) electrons. The topological polar surface area (TPSA) is 0 Å². The van der Waals surface area contributed by atoms with Crippen LogP contribution < -0.4 is 0 Å². The summed E-state index contributed by atoms with van der Waals surface area (Å²) in [7, 11) is 0. The molecule has 0 heteroatoms. The molecule has 0 aliphatic carbocycles. The summed E-state index contributed by atoms with van der Waals surface area (Å²) in [6, 6.07) is 0. The van der Waals surface area contributed by atoms with E-state index in [9.17, 15) is 0 Å². The molecule has 0 aromatic carbocycles. The summed E-state index contributed by atoms with van der Waals surface area (Å²) in [5, 5.41) is 0. The predicted octanol–water partition coefficient (Wildman–Crippen LogP) is 2.85. The Labute approximate surface area is 56.9 Å². The van der Waals surface area contributed by atoms with E-state index in [-0.39, 0.29) is 0 Å². The molecule has 0 rings (SSSR count). The molecular formula is C9H12. The van der Waals surface area contributed by atoms with Gasteiger partial charge in [0.1, 0.15) is 0 Å². The van der Waals surface area contributed by atoms with Gasteiger partial charge in [-0.1, -0.05) is 31.7 Å². The second kappa shape index (κ2) is 7.00. The van der Waals surface area contributed by atoms with Crippen LogP contribution in [0.3, 0.4) is 0 Å². The van der Waals surface area contributed by atoms with E-state index in [4.69, 9.17) is 0 Å². The third-order valence-electron chi connectivity index (χ3n) is 0.778. The van der Waals surface area contributed by atoms with Crippen LogP contribution in [0.15, 0.2) is 42.7 Å². The largest absolute Gasteiger partial charge is 0.121 e. The van der Waals surface area contributed by atoms with Gasteiger partial charge in [0.25, 0.3) is 0 Å². The lowest BCUT2D eigenvalue weighted by Crippen LogP contribution is -1.48. The minimum atomic E-state index is 1.08. The van der Waals surface area contributed by atoms with Crippen molar-refractivity contribution in [2.24, 2.45) is 0 Å². The van der Waals surface area contributed by atoms with Crippen LogP contribution in [0.5, 0.6) is 0 Å². The van der Waals surface area contributed by atoms with E-state index in [0.717, 1.165) is 6.42 Å². The van der Waals surface area contributed by atoms with Crippen molar-refractivity contribution in [3.8, 4) is 0 Å². The van der Waals surface area contributed by atoms with E-state index in [0.29, 0.717) is 0 Å². The van der Waals surface area contributed by atoms with E-state index >= 15 is 0 Å². The van der Waals surface area contributed by atoms with Crippen LogP contribution in [0.25, 0.3) is 0 Å². The summed E-state index contributed by atoms with van der Waals surface area (Å²) in [5.74, 6) is 0. The van der Waals surface area contributed by atoms with Crippen molar-refractivity contribution in [3.63, 3.8) is 0 Å². The first-order valence-electron chi connectivity index (χ1n) is 3.10.